The van der Waals surface area contributed by atoms with Crippen LogP contribution in [0.15, 0.2) is 24.5 Å². The van der Waals surface area contributed by atoms with Crippen LogP contribution in [-0.2, 0) is 49.7 Å². The van der Waals surface area contributed by atoms with Gasteiger partial charge in [0, 0.05) is 42.1 Å². The largest absolute Gasteiger partial charge is 0.435 e. The summed E-state index contributed by atoms with van der Waals surface area (Å²) in [6, 6.07) is 3.66. The maximum Gasteiger partial charge on any atom is 0.435 e. The normalized spacial score (nSPS) is 15.1. The molecule has 3 heterocycles. The number of rotatable bonds is 6. The van der Waals surface area contributed by atoms with E-state index in [9.17, 15) is 22.8 Å². The average Bonchev–Trinajstić information content (AvgIpc) is 3.46. The standard InChI is InChI=1S/C26H28F3N5O2S/c1-33(21(35)15-34-19-10-4-2-8-17(19)23(32-34)26(27,28)29)25-22(18-9-3-5-11-20(18)37-25)24(36)31-14-16-7-6-12-30-13-16/h6-7,12-13H,2-5,8-11,14-15H2,1H3,(H,31,36). The minimum Gasteiger partial charge on any atom is -0.348 e. The zero-order valence-electron chi connectivity index (χ0n) is 20.5. The molecule has 2 aliphatic carbocycles. The maximum atomic E-state index is 13.6. The molecule has 37 heavy (non-hydrogen) atoms. The van der Waals surface area contributed by atoms with Crippen molar-refractivity contribution in [2.24, 2.45) is 0 Å². The van der Waals surface area contributed by atoms with Gasteiger partial charge in [-0.15, -0.1) is 11.3 Å². The molecule has 3 aromatic rings. The molecule has 0 aromatic carbocycles. The van der Waals surface area contributed by atoms with Gasteiger partial charge in [-0.25, -0.2) is 0 Å². The van der Waals surface area contributed by atoms with Crippen LogP contribution < -0.4 is 10.2 Å². The molecule has 3 aromatic heterocycles. The number of aromatic nitrogens is 3. The van der Waals surface area contributed by atoms with Crippen molar-refractivity contribution in [2.45, 2.75) is 70.6 Å². The molecule has 2 amide bonds. The van der Waals surface area contributed by atoms with Crippen molar-refractivity contribution in [3.05, 3.63) is 63.0 Å². The van der Waals surface area contributed by atoms with Crippen LogP contribution in [-0.4, -0.2) is 33.6 Å². The number of thiophene rings is 1. The highest BCUT2D eigenvalue weighted by molar-refractivity contribution is 7.17. The number of fused-ring (bicyclic) bond motifs is 2. The van der Waals surface area contributed by atoms with Crippen molar-refractivity contribution >= 4 is 28.2 Å². The van der Waals surface area contributed by atoms with Gasteiger partial charge in [-0.3, -0.25) is 19.3 Å². The van der Waals surface area contributed by atoms with Gasteiger partial charge in [-0.2, -0.15) is 18.3 Å². The van der Waals surface area contributed by atoms with Gasteiger partial charge < -0.3 is 10.2 Å². The number of hydrogen-bond donors (Lipinski definition) is 1. The van der Waals surface area contributed by atoms with Crippen LogP contribution in [0.3, 0.4) is 0 Å². The summed E-state index contributed by atoms with van der Waals surface area (Å²) in [5.74, 6) is -0.682. The Morgan fingerprint density at radius 3 is 2.57 bits per heavy atom. The van der Waals surface area contributed by atoms with Crippen LogP contribution in [0, 0.1) is 0 Å². The number of carbonyl (C=O) groups is 2. The number of nitrogens with zero attached hydrogens (tertiary/aromatic N) is 4. The van der Waals surface area contributed by atoms with E-state index in [0.29, 0.717) is 42.1 Å². The van der Waals surface area contributed by atoms with Crippen LogP contribution in [0.4, 0.5) is 18.2 Å². The lowest BCUT2D eigenvalue weighted by Gasteiger charge is -2.20. The Kier molecular flexibility index (Phi) is 7.06. The highest BCUT2D eigenvalue weighted by Gasteiger charge is 2.40. The SMILES string of the molecule is CN(C(=O)Cn1nc(C(F)(F)F)c2c1CCCC2)c1sc2c(c1C(=O)NCc1cccnc1)CCCC2. The fraction of sp³-hybridized carbons (Fsp3) is 0.462. The molecule has 0 spiro atoms. The second-order valence-corrected chi connectivity index (χ2v) is 10.6. The van der Waals surface area contributed by atoms with E-state index in [1.807, 2.05) is 6.07 Å². The van der Waals surface area contributed by atoms with E-state index in [2.05, 4.69) is 15.4 Å². The predicted octanol–water partition coefficient (Wildman–Crippen LogP) is 4.71. The Labute approximate surface area is 216 Å². The highest BCUT2D eigenvalue weighted by Crippen LogP contribution is 2.40. The molecule has 11 heteroatoms. The van der Waals surface area contributed by atoms with Crippen molar-refractivity contribution in [1.29, 1.82) is 0 Å². The number of amides is 2. The molecule has 0 fully saturated rings. The number of hydrogen-bond acceptors (Lipinski definition) is 5. The number of aryl methyl sites for hydroxylation is 1. The molecule has 0 bridgehead atoms. The van der Waals surface area contributed by atoms with Gasteiger partial charge in [0.05, 0.1) is 5.56 Å². The summed E-state index contributed by atoms with van der Waals surface area (Å²) in [6.07, 6.45) is 4.56. The molecule has 0 aliphatic heterocycles. The predicted molar refractivity (Wildman–Crippen MR) is 134 cm³/mol. The molecule has 196 valence electrons. The maximum absolute atomic E-state index is 13.6. The molecule has 0 saturated carbocycles. The third-order valence-electron chi connectivity index (χ3n) is 7.04. The van der Waals surface area contributed by atoms with E-state index < -0.39 is 17.8 Å². The average molecular weight is 532 g/mol. The first kappa shape index (κ1) is 25.4. The second-order valence-electron chi connectivity index (χ2n) is 9.52. The van der Waals surface area contributed by atoms with Crippen LogP contribution in [0.2, 0.25) is 0 Å². The number of anilines is 1. The molecule has 2 aliphatic rings. The smallest absolute Gasteiger partial charge is 0.348 e. The number of halogens is 3. The first-order chi connectivity index (χ1) is 17.7. The quantitative estimate of drug-likeness (QED) is 0.500. The van der Waals surface area contributed by atoms with Crippen LogP contribution in [0.5, 0.6) is 0 Å². The summed E-state index contributed by atoms with van der Waals surface area (Å²) in [5.41, 5.74) is 2.11. The highest BCUT2D eigenvalue weighted by atomic mass is 32.1. The van der Waals surface area contributed by atoms with Gasteiger partial charge >= 0.3 is 6.18 Å². The van der Waals surface area contributed by atoms with E-state index >= 15 is 0 Å². The molecular formula is C26H28F3N5O2S. The van der Waals surface area contributed by atoms with E-state index in [-0.39, 0.29) is 18.0 Å². The summed E-state index contributed by atoms with van der Waals surface area (Å²) < 4.78 is 42.0. The van der Waals surface area contributed by atoms with Crippen molar-refractivity contribution in [3.63, 3.8) is 0 Å². The lowest BCUT2D eigenvalue weighted by Crippen LogP contribution is -2.33. The third kappa shape index (κ3) is 5.14. The molecule has 0 atom stereocenters. The lowest BCUT2D eigenvalue weighted by atomic mass is 9.95. The number of pyridine rings is 1. The molecule has 1 N–H and O–H groups in total. The van der Waals surface area contributed by atoms with Crippen molar-refractivity contribution in [3.8, 4) is 0 Å². The summed E-state index contributed by atoms with van der Waals surface area (Å²) in [6.45, 7) is -0.0116. The van der Waals surface area contributed by atoms with Gasteiger partial charge in [-0.1, -0.05) is 6.07 Å². The molecule has 0 saturated heterocycles. The van der Waals surface area contributed by atoms with E-state index in [0.717, 1.165) is 48.1 Å². The topological polar surface area (TPSA) is 80.1 Å². The van der Waals surface area contributed by atoms with Gasteiger partial charge in [0.2, 0.25) is 5.91 Å². The molecule has 0 radical (unpaired) electrons. The van der Waals surface area contributed by atoms with E-state index in [1.165, 1.54) is 20.9 Å². The Morgan fingerprint density at radius 1 is 1.11 bits per heavy atom. The van der Waals surface area contributed by atoms with Crippen LogP contribution in [0.1, 0.15) is 69.0 Å². The first-order valence-electron chi connectivity index (χ1n) is 12.5. The second kappa shape index (κ2) is 10.3. The summed E-state index contributed by atoms with van der Waals surface area (Å²) in [5, 5.41) is 7.30. The monoisotopic (exact) mass is 531 g/mol. The van der Waals surface area contributed by atoms with Gasteiger partial charge in [0.15, 0.2) is 5.69 Å². The number of alkyl halides is 3. The number of carbonyl (C=O) groups excluding carboxylic acids is 2. The number of likely N-dealkylation sites (N-methyl/N-ethyl adjacent to an activating group) is 1. The summed E-state index contributed by atoms with van der Waals surface area (Å²) in [4.78, 5) is 33.3. The Morgan fingerprint density at radius 2 is 1.84 bits per heavy atom. The lowest BCUT2D eigenvalue weighted by molar-refractivity contribution is -0.142. The fourth-order valence-corrected chi connectivity index (χ4v) is 6.54. The van der Waals surface area contributed by atoms with Crippen LogP contribution >= 0.6 is 11.3 Å². The molecule has 0 unspecified atom stereocenters. The molecule has 5 rings (SSSR count). The summed E-state index contributed by atoms with van der Waals surface area (Å²) in [7, 11) is 1.58. The summed E-state index contributed by atoms with van der Waals surface area (Å²) >= 11 is 1.42. The first-order valence-corrected chi connectivity index (χ1v) is 13.3. The van der Waals surface area contributed by atoms with E-state index in [1.54, 1.807) is 25.5 Å². The third-order valence-corrected chi connectivity index (χ3v) is 8.41. The Hall–Kier alpha value is -3.21. The van der Waals surface area contributed by atoms with Gasteiger partial charge in [0.1, 0.15) is 11.5 Å². The number of nitrogens with one attached hydrogen (secondary N) is 1. The van der Waals surface area contributed by atoms with Crippen molar-refractivity contribution in [1.82, 2.24) is 20.1 Å². The zero-order chi connectivity index (χ0) is 26.2. The zero-order valence-corrected chi connectivity index (χ0v) is 21.3. The minimum absolute atomic E-state index is 0.205. The molecule has 7 nitrogen and oxygen atoms in total. The molecular weight excluding hydrogens is 503 g/mol. The van der Waals surface area contributed by atoms with Gasteiger partial charge in [0.25, 0.3) is 5.91 Å². The van der Waals surface area contributed by atoms with Crippen LogP contribution in [0.25, 0.3) is 0 Å². The van der Waals surface area contributed by atoms with Gasteiger partial charge in [-0.05, 0) is 68.6 Å². The van der Waals surface area contributed by atoms with Crippen molar-refractivity contribution < 1.29 is 22.8 Å². The Balaban J connectivity index is 1.41. The van der Waals surface area contributed by atoms with E-state index in [4.69, 9.17) is 0 Å². The minimum atomic E-state index is -4.56. The Bertz CT molecular complexity index is 1320. The fourth-order valence-electron chi connectivity index (χ4n) is 5.17. The van der Waals surface area contributed by atoms with Crippen molar-refractivity contribution in [2.75, 3.05) is 11.9 Å².